The Balaban J connectivity index is 4.33. The highest BCUT2D eigenvalue weighted by atomic mass is 16.6. The van der Waals surface area contributed by atoms with Gasteiger partial charge in [0.2, 0.25) is 0 Å². The van der Waals surface area contributed by atoms with E-state index in [1.807, 2.05) is 0 Å². The third-order valence-corrected chi connectivity index (χ3v) is 11.7. The Labute approximate surface area is 431 Å². The van der Waals surface area contributed by atoms with Crippen molar-refractivity contribution < 1.29 is 28.6 Å². The topological polar surface area (TPSA) is 78.9 Å². The molecule has 0 radical (unpaired) electrons. The second-order valence-corrected chi connectivity index (χ2v) is 18.4. The first kappa shape index (κ1) is 65.8. The summed E-state index contributed by atoms with van der Waals surface area (Å²) in [6.07, 6.45) is 79.1. The average Bonchev–Trinajstić information content (AvgIpc) is 3.36. The zero-order valence-corrected chi connectivity index (χ0v) is 45.2. The van der Waals surface area contributed by atoms with Crippen molar-refractivity contribution in [1.29, 1.82) is 0 Å². The predicted molar refractivity (Wildman–Crippen MR) is 302 cm³/mol. The molecule has 0 bridgehead atoms. The number of hydrogen-bond acceptors (Lipinski definition) is 6. The summed E-state index contributed by atoms with van der Waals surface area (Å²) >= 11 is 0. The molecule has 0 spiro atoms. The van der Waals surface area contributed by atoms with Gasteiger partial charge in [0.1, 0.15) is 13.2 Å². The van der Waals surface area contributed by atoms with Crippen LogP contribution >= 0.6 is 0 Å². The number of hydrogen-bond donors (Lipinski definition) is 0. The van der Waals surface area contributed by atoms with Gasteiger partial charge in [-0.05, 0) is 109 Å². The molecule has 0 aromatic rings. The summed E-state index contributed by atoms with van der Waals surface area (Å²) in [7, 11) is 0. The summed E-state index contributed by atoms with van der Waals surface area (Å²) < 4.78 is 16.8. The maximum absolute atomic E-state index is 12.8. The average molecular weight is 970 g/mol. The van der Waals surface area contributed by atoms with Crippen molar-refractivity contribution in [1.82, 2.24) is 0 Å². The number of unbranched alkanes of at least 4 members (excludes halogenated alkanes) is 19. The van der Waals surface area contributed by atoms with Crippen LogP contribution in [-0.2, 0) is 28.6 Å². The van der Waals surface area contributed by atoms with E-state index in [9.17, 15) is 14.4 Å². The Hall–Kier alpha value is -4.19. The summed E-state index contributed by atoms with van der Waals surface area (Å²) in [5.74, 6) is -0.953. The number of ether oxygens (including phenoxy) is 3. The second-order valence-electron chi connectivity index (χ2n) is 18.4. The Morgan fingerprint density at radius 2 is 0.557 bits per heavy atom. The summed E-state index contributed by atoms with van der Waals surface area (Å²) in [5.41, 5.74) is 0. The zero-order chi connectivity index (χ0) is 50.7. The van der Waals surface area contributed by atoms with Crippen molar-refractivity contribution >= 4 is 17.9 Å². The largest absolute Gasteiger partial charge is 0.462 e. The first-order valence-corrected chi connectivity index (χ1v) is 28.5. The van der Waals surface area contributed by atoms with E-state index in [1.54, 1.807) is 0 Å². The normalized spacial score (nSPS) is 13.0. The van der Waals surface area contributed by atoms with E-state index < -0.39 is 6.10 Å². The molecule has 0 saturated carbocycles. The van der Waals surface area contributed by atoms with Gasteiger partial charge in [-0.3, -0.25) is 14.4 Å². The molecular weight excluding hydrogens is 865 g/mol. The van der Waals surface area contributed by atoms with E-state index in [1.165, 1.54) is 77.0 Å². The Kier molecular flexibility index (Phi) is 54.0. The molecule has 0 fully saturated rings. The summed E-state index contributed by atoms with van der Waals surface area (Å²) in [5, 5.41) is 0. The summed E-state index contributed by atoms with van der Waals surface area (Å²) in [6.45, 7) is 6.35. The predicted octanol–water partition coefficient (Wildman–Crippen LogP) is 19.3. The highest BCUT2D eigenvalue weighted by Crippen LogP contribution is 2.14. The SMILES string of the molecule is CC/C=C\C/C=C\C/C=C\C/C=C\C/C=C\C/C=C\CCCCCCCCCCC(=O)OCC(COC(=O)CCCCCCCCCCCC)OC(=O)CCCC/C=C\C/C=C\C/C=C\C/C=C\CC. The van der Waals surface area contributed by atoms with Crippen LogP contribution in [-0.4, -0.2) is 37.2 Å². The van der Waals surface area contributed by atoms with Gasteiger partial charge in [-0.15, -0.1) is 0 Å². The molecule has 1 atom stereocenters. The first-order valence-electron chi connectivity index (χ1n) is 28.5. The second kappa shape index (κ2) is 57.4. The van der Waals surface area contributed by atoms with Crippen LogP contribution < -0.4 is 0 Å². The molecule has 6 nitrogen and oxygen atoms in total. The van der Waals surface area contributed by atoms with Gasteiger partial charge in [0.05, 0.1) is 0 Å². The van der Waals surface area contributed by atoms with E-state index in [-0.39, 0.29) is 37.5 Å². The van der Waals surface area contributed by atoms with Gasteiger partial charge >= 0.3 is 17.9 Å². The number of allylic oxidation sites excluding steroid dienone is 20. The molecule has 0 saturated heterocycles. The van der Waals surface area contributed by atoms with E-state index in [2.05, 4.69) is 142 Å². The van der Waals surface area contributed by atoms with Crippen LogP contribution in [0.2, 0.25) is 0 Å². The molecule has 6 heteroatoms. The Morgan fingerprint density at radius 1 is 0.300 bits per heavy atom. The van der Waals surface area contributed by atoms with Gasteiger partial charge in [0, 0.05) is 19.3 Å². The monoisotopic (exact) mass is 969 g/mol. The van der Waals surface area contributed by atoms with E-state index in [0.717, 1.165) is 122 Å². The lowest BCUT2D eigenvalue weighted by Crippen LogP contribution is -2.30. The molecule has 0 aromatic heterocycles. The lowest BCUT2D eigenvalue weighted by Gasteiger charge is -2.18. The third-order valence-electron chi connectivity index (χ3n) is 11.7. The van der Waals surface area contributed by atoms with Crippen LogP contribution in [0.5, 0.6) is 0 Å². The molecule has 1 unspecified atom stereocenters. The molecule has 0 aliphatic carbocycles. The standard InChI is InChI=1S/C64H104O6/c1-4-7-10-13-16-19-22-24-26-27-28-29-30-31-32-33-34-35-36-37-39-40-42-45-48-51-54-57-63(66)69-60-61(59-68-62(65)56-53-50-47-44-21-18-15-12-9-6-3)70-64(67)58-55-52-49-46-43-41-38-25-23-20-17-14-11-8-5-2/h7-8,10-11,16-17,19-20,24-26,28-29,31-32,34-35,38,43,46,61H,4-6,9,12-15,18,21-23,27,30,33,36-37,39-42,44-45,47-60H2,1-3H3/b10-7-,11-8-,19-16-,20-17-,26-24-,29-28-,32-31-,35-34-,38-25-,46-43-. The molecule has 0 aliphatic rings. The minimum atomic E-state index is -0.804. The maximum atomic E-state index is 12.8. The molecule has 0 heterocycles. The van der Waals surface area contributed by atoms with Crippen LogP contribution in [0.15, 0.2) is 122 Å². The fourth-order valence-electron chi connectivity index (χ4n) is 7.49. The Morgan fingerprint density at radius 3 is 0.900 bits per heavy atom. The molecule has 0 aromatic carbocycles. The smallest absolute Gasteiger partial charge is 0.306 e. The van der Waals surface area contributed by atoms with Gasteiger partial charge in [-0.2, -0.15) is 0 Å². The van der Waals surface area contributed by atoms with Gasteiger partial charge in [0.25, 0.3) is 0 Å². The Bertz CT molecular complexity index is 1490. The summed E-state index contributed by atoms with van der Waals surface area (Å²) in [6, 6.07) is 0. The zero-order valence-electron chi connectivity index (χ0n) is 45.2. The first-order chi connectivity index (χ1) is 34.5. The van der Waals surface area contributed by atoms with Crippen molar-refractivity contribution in [3.63, 3.8) is 0 Å². The van der Waals surface area contributed by atoms with Crippen LogP contribution in [0, 0.1) is 0 Å². The van der Waals surface area contributed by atoms with Crippen LogP contribution in [0.4, 0.5) is 0 Å². The van der Waals surface area contributed by atoms with Crippen molar-refractivity contribution in [2.45, 2.75) is 252 Å². The number of esters is 3. The quantitative estimate of drug-likeness (QED) is 0.0262. The molecule has 0 N–H and O–H groups in total. The number of rotatable bonds is 50. The minimum Gasteiger partial charge on any atom is -0.462 e. The number of carbonyl (C=O) groups excluding carboxylic acids is 3. The minimum absolute atomic E-state index is 0.0983. The van der Waals surface area contributed by atoms with E-state index in [4.69, 9.17) is 14.2 Å². The molecule has 70 heavy (non-hydrogen) atoms. The number of carbonyl (C=O) groups is 3. The maximum Gasteiger partial charge on any atom is 0.306 e. The molecule has 0 aliphatic heterocycles. The molecule has 0 rings (SSSR count). The van der Waals surface area contributed by atoms with Gasteiger partial charge in [-0.1, -0.05) is 239 Å². The van der Waals surface area contributed by atoms with Crippen molar-refractivity contribution in [2.24, 2.45) is 0 Å². The van der Waals surface area contributed by atoms with Crippen molar-refractivity contribution in [2.75, 3.05) is 13.2 Å². The van der Waals surface area contributed by atoms with E-state index in [0.29, 0.717) is 19.3 Å². The highest BCUT2D eigenvalue weighted by molar-refractivity contribution is 5.71. The molecular formula is C64H104O6. The fourth-order valence-corrected chi connectivity index (χ4v) is 7.49. The van der Waals surface area contributed by atoms with Crippen molar-refractivity contribution in [3.8, 4) is 0 Å². The lowest BCUT2D eigenvalue weighted by molar-refractivity contribution is -0.167. The van der Waals surface area contributed by atoms with Crippen LogP contribution in [0.1, 0.15) is 245 Å². The lowest BCUT2D eigenvalue weighted by atomic mass is 10.1. The van der Waals surface area contributed by atoms with Crippen LogP contribution in [0.25, 0.3) is 0 Å². The highest BCUT2D eigenvalue weighted by Gasteiger charge is 2.19. The molecule has 0 amide bonds. The summed E-state index contributed by atoms with van der Waals surface area (Å²) in [4.78, 5) is 38.0. The van der Waals surface area contributed by atoms with Gasteiger partial charge in [0.15, 0.2) is 6.10 Å². The fraction of sp³-hybridized carbons (Fsp3) is 0.641. The third kappa shape index (κ3) is 54.7. The molecule has 396 valence electrons. The van der Waals surface area contributed by atoms with Gasteiger partial charge < -0.3 is 14.2 Å². The van der Waals surface area contributed by atoms with Crippen molar-refractivity contribution in [3.05, 3.63) is 122 Å². The van der Waals surface area contributed by atoms with Gasteiger partial charge in [-0.25, -0.2) is 0 Å². The van der Waals surface area contributed by atoms with E-state index >= 15 is 0 Å². The van der Waals surface area contributed by atoms with Crippen LogP contribution in [0.3, 0.4) is 0 Å².